The number of hydrogen-bond donors (Lipinski definition) is 1. The quantitative estimate of drug-likeness (QED) is 0.434. The van der Waals surface area contributed by atoms with Crippen LogP contribution in [-0.2, 0) is 11.0 Å². The lowest BCUT2D eigenvalue weighted by atomic mass is 10.2. The number of tetrazole rings is 1. The van der Waals surface area contributed by atoms with Crippen LogP contribution in [0.15, 0.2) is 33.3 Å². The molecule has 3 aromatic rings. The highest BCUT2D eigenvalue weighted by molar-refractivity contribution is 9.10. The van der Waals surface area contributed by atoms with Crippen LogP contribution in [0.1, 0.15) is 44.2 Å². The van der Waals surface area contributed by atoms with Crippen molar-refractivity contribution in [3.8, 4) is 23.2 Å². The van der Waals surface area contributed by atoms with E-state index in [1.54, 1.807) is 6.92 Å². The van der Waals surface area contributed by atoms with Crippen molar-refractivity contribution in [1.82, 2.24) is 25.4 Å². The van der Waals surface area contributed by atoms with E-state index in [1.165, 1.54) is 12.1 Å². The molecule has 0 amide bonds. The van der Waals surface area contributed by atoms with Crippen LogP contribution < -0.4 is 9.47 Å². The lowest BCUT2D eigenvalue weighted by Crippen LogP contribution is -2.20. The fourth-order valence-electron chi connectivity index (χ4n) is 3.55. The third kappa shape index (κ3) is 5.32. The maximum absolute atomic E-state index is 13.0. The third-order valence-electron chi connectivity index (χ3n) is 5.26. The summed E-state index contributed by atoms with van der Waals surface area (Å²) in [5, 5.41) is 24.6. The molecule has 1 aliphatic carbocycles. The zero-order chi connectivity index (χ0) is 24.5. The Labute approximate surface area is 199 Å². The summed E-state index contributed by atoms with van der Waals surface area (Å²) in [6, 6.07) is 3.77. The SMILES string of the molecule is CCC(C(=O)O)n1nnc(-c2cc(OC3CCC(Oc4cc(C(F)(F)F)ccc4Br)C3)no2)n1. The second kappa shape index (κ2) is 9.60. The summed E-state index contributed by atoms with van der Waals surface area (Å²) < 4.78 is 56.2. The second-order valence-corrected chi connectivity index (χ2v) is 8.52. The number of carboxylic acid groups (broad SMARTS) is 1. The van der Waals surface area contributed by atoms with Gasteiger partial charge in [-0.3, -0.25) is 0 Å². The van der Waals surface area contributed by atoms with Gasteiger partial charge in [0.05, 0.1) is 16.1 Å². The molecule has 3 unspecified atom stereocenters. The first kappa shape index (κ1) is 24.0. The Bertz CT molecular complexity index is 1170. The number of aliphatic carboxylic acids is 1. The number of hydrogen-bond acceptors (Lipinski definition) is 8. The predicted octanol–water partition coefficient (Wildman–Crippen LogP) is 4.52. The van der Waals surface area contributed by atoms with Gasteiger partial charge >= 0.3 is 12.1 Å². The van der Waals surface area contributed by atoms with Crippen molar-refractivity contribution >= 4 is 21.9 Å². The normalized spacial score (nSPS) is 19.2. The van der Waals surface area contributed by atoms with Gasteiger partial charge in [0, 0.05) is 6.42 Å². The molecule has 0 bridgehead atoms. The predicted molar refractivity (Wildman–Crippen MR) is 112 cm³/mol. The molecule has 1 saturated carbocycles. The standard InChI is InChI=1S/C20H19BrF3N5O5/c1-2-14(19(30)31)29-26-18(25-28-29)16-9-17(27-34-16)33-12-5-4-11(8-12)32-15-7-10(20(22,23)24)3-6-13(15)21/h3,6-7,9,11-12,14H,2,4-5,8H2,1H3,(H,30,31). The first-order chi connectivity index (χ1) is 16.1. The first-order valence-electron chi connectivity index (χ1n) is 10.3. The van der Waals surface area contributed by atoms with Gasteiger partial charge in [-0.05, 0) is 63.8 Å². The van der Waals surface area contributed by atoms with Crippen LogP contribution in [0, 0.1) is 0 Å². The molecule has 10 nitrogen and oxygen atoms in total. The summed E-state index contributed by atoms with van der Waals surface area (Å²) in [5.41, 5.74) is -0.786. The molecule has 2 aromatic heterocycles. The molecule has 1 N–H and O–H groups in total. The maximum Gasteiger partial charge on any atom is 0.416 e. The molecular formula is C20H19BrF3N5O5. The molecule has 1 aliphatic rings. The van der Waals surface area contributed by atoms with Crippen molar-refractivity contribution in [2.75, 3.05) is 0 Å². The van der Waals surface area contributed by atoms with E-state index in [9.17, 15) is 23.1 Å². The van der Waals surface area contributed by atoms with E-state index in [4.69, 9.17) is 14.0 Å². The number of alkyl halides is 3. The van der Waals surface area contributed by atoms with E-state index in [2.05, 4.69) is 36.5 Å². The Hall–Kier alpha value is -3.16. The number of carbonyl (C=O) groups is 1. The van der Waals surface area contributed by atoms with Gasteiger partial charge in [-0.15, -0.1) is 15.0 Å². The van der Waals surface area contributed by atoms with Crippen molar-refractivity contribution < 1.29 is 37.1 Å². The zero-order valence-electron chi connectivity index (χ0n) is 17.7. The Morgan fingerprint density at radius 1 is 1.29 bits per heavy atom. The van der Waals surface area contributed by atoms with Gasteiger partial charge in [0.25, 0.3) is 5.88 Å². The molecule has 4 rings (SSSR count). The second-order valence-electron chi connectivity index (χ2n) is 7.66. The van der Waals surface area contributed by atoms with Crippen LogP contribution in [0.4, 0.5) is 13.2 Å². The van der Waals surface area contributed by atoms with E-state index in [0.717, 1.165) is 16.9 Å². The van der Waals surface area contributed by atoms with Crippen LogP contribution in [0.3, 0.4) is 0 Å². The van der Waals surface area contributed by atoms with Gasteiger partial charge in [0.2, 0.25) is 11.6 Å². The smallest absolute Gasteiger partial charge is 0.416 e. The van der Waals surface area contributed by atoms with Crippen LogP contribution in [0.5, 0.6) is 11.6 Å². The Kier molecular flexibility index (Phi) is 6.77. The maximum atomic E-state index is 13.0. The Morgan fingerprint density at radius 3 is 2.71 bits per heavy atom. The molecule has 2 heterocycles. The van der Waals surface area contributed by atoms with Crippen molar-refractivity contribution in [2.24, 2.45) is 0 Å². The van der Waals surface area contributed by atoms with Gasteiger partial charge in [0.1, 0.15) is 18.0 Å². The fourth-order valence-corrected chi connectivity index (χ4v) is 3.89. The van der Waals surface area contributed by atoms with Crippen molar-refractivity contribution in [3.63, 3.8) is 0 Å². The molecule has 1 aromatic carbocycles. The Morgan fingerprint density at radius 2 is 2.03 bits per heavy atom. The average molecular weight is 546 g/mol. The van der Waals surface area contributed by atoms with Crippen LogP contribution in [0.2, 0.25) is 0 Å². The zero-order valence-corrected chi connectivity index (χ0v) is 19.3. The summed E-state index contributed by atoms with van der Waals surface area (Å²) in [7, 11) is 0. The number of benzene rings is 1. The number of aromatic nitrogens is 5. The molecule has 1 fully saturated rings. The monoisotopic (exact) mass is 545 g/mol. The molecule has 0 saturated heterocycles. The minimum Gasteiger partial charge on any atom is -0.489 e. The summed E-state index contributed by atoms with van der Waals surface area (Å²) in [5.74, 6) is -0.583. The van der Waals surface area contributed by atoms with E-state index >= 15 is 0 Å². The van der Waals surface area contributed by atoms with Crippen LogP contribution in [0.25, 0.3) is 11.6 Å². The summed E-state index contributed by atoms with van der Waals surface area (Å²) in [6.45, 7) is 1.69. The van der Waals surface area contributed by atoms with E-state index < -0.39 is 23.8 Å². The van der Waals surface area contributed by atoms with E-state index in [1.807, 2.05) is 0 Å². The highest BCUT2D eigenvalue weighted by atomic mass is 79.9. The molecule has 182 valence electrons. The highest BCUT2D eigenvalue weighted by Crippen LogP contribution is 2.37. The van der Waals surface area contributed by atoms with Crippen LogP contribution >= 0.6 is 15.9 Å². The Balaban J connectivity index is 1.36. The number of halogens is 4. The van der Waals surface area contributed by atoms with Gasteiger partial charge in [-0.2, -0.15) is 13.2 Å². The number of rotatable bonds is 8. The largest absolute Gasteiger partial charge is 0.489 e. The number of nitrogens with zero attached hydrogens (tertiary/aromatic N) is 5. The van der Waals surface area contributed by atoms with Gasteiger partial charge < -0.3 is 19.1 Å². The van der Waals surface area contributed by atoms with Crippen molar-refractivity contribution in [2.45, 2.75) is 57.0 Å². The number of carboxylic acids is 1. The lowest BCUT2D eigenvalue weighted by Gasteiger charge is -2.17. The third-order valence-corrected chi connectivity index (χ3v) is 5.92. The first-order valence-corrected chi connectivity index (χ1v) is 11.1. The van der Waals surface area contributed by atoms with Crippen LogP contribution in [-0.4, -0.2) is 48.6 Å². The van der Waals surface area contributed by atoms with Gasteiger partial charge in [0.15, 0.2) is 6.04 Å². The average Bonchev–Trinajstić information content (AvgIpc) is 3.51. The summed E-state index contributed by atoms with van der Waals surface area (Å²) in [4.78, 5) is 12.2. The van der Waals surface area contributed by atoms with Gasteiger partial charge in [-0.25, -0.2) is 4.79 Å². The summed E-state index contributed by atoms with van der Waals surface area (Å²) in [6.07, 6.45) is -3.17. The molecule has 3 atom stereocenters. The number of ether oxygens (including phenoxy) is 2. The van der Waals surface area contributed by atoms with E-state index in [0.29, 0.717) is 23.7 Å². The highest BCUT2D eigenvalue weighted by Gasteiger charge is 2.33. The topological polar surface area (TPSA) is 125 Å². The minimum atomic E-state index is -4.46. The molecule has 0 radical (unpaired) electrons. The lowest BCUT2D eigenvalue weighted by molar-refractivity contribution is -0.141. The summed E-state index contributed by atoms with van der Waals surface area (Å²) >= 11 is 3.22. The van der Waals surface area contributed by atoms with Crippen molar-refractivity contribution in [1.29, 1.82) is 0 Å². The molecule has 14 heteroatoms. The van der Waals surface area contributed by atoms with Crippen molar-refractivity contribution in [3.05, 3.63) is 34.3 Å². The molecule has 0 spiro atoms. The van der Waals surface area contributed by atoms with E-state index in [-0.39, 0.29) is 41.8 Å². The minimum absolute atomic E-state index is 0.0593. The fraction of sp³-hybridized carbons (Fsp3) is 0.450. The molecule has 0 aliphatic heterocycles. The molecule has 34 heavy (non-hydrogen) atoms. The molecular weight excluding hydrogens is 527 g/mol. The van der Waals surface area contributed by atoms with Gasteiger partial charge in [-0.1, -0.05) is 6.92 Å².